The number of hydrogen-bond donors (Lipinski definition) is 2. The van der Waals surface area contributed by atoms with E-state index in [0.29, 0.717) is 5.75 Å². The van der Waals surface area contributed by atoms with Gasteiger partial charge in [-0.1, -0.05) is 0 Å². The fourth-order valence-corrected chi connectivity index (χ4v) is 1.10. The first-order valence-corrected chi connectivity index (χ1v) is 4.22. The molecule has 2 N–H and O–H groups in total. The van der Waals surface area contributed by atoms with Crippen molar-refractivity contribution in [3.05, 3.63) is 29.3 Å². The summed E-state index contributed by atoms with van der Waals surface area (Å²) in [6, 6.07) is 4.60. The van der Waals surface area contributed by atoms with E-state index in [9.17, 15) is 4.79 Å². The molecule has 0 saturated carbocycles. The Morgan fingerprint density at radius 2 is 2.21 bits per heavy atom. The molecule has 0 aliphatic carbocycles. The summed E-state index contributed by atoms with van der Waals surface area (Å²) in [7, 11) is 0. The highest BCUT2D eigenvalue weighted by molar-refractivity contribution is 5.88. The number of ether oxygens (including phenoxy) is 1. The van der Waals surface area contributed by atoms with Gasteiger partial charge in [-0.05, 0) is 30.7 Å². The lowest BCUT2D eigenvalue weighted by Gasteiger charge is -2.07. The van der Waals surface area contributed by atoms with E-state index in [-0.39, 0.29) is 18.8 Å². The van der Waals surface area contributed by atoms with E-state index in [1.807, 2.05) is 0 Å². The van der Waals surface area contributed by atoms with Crippen LogP contribution < -0.4 is 4.74 Å². The topological polar surface area (TPSA) is 66.8 Å². The van der Waals surface area contributed by atoms with Crippen LogP contribution in [0.5, 0.6) is 5.75 Å². The molecule has 0 atom stereocenters. The lowest BCUT2D eigenvalue weighted by atomic mass is 10.1. The number of aryl methyl sites for hydroxylation is 1. The van der Waals surface area contributed by atoms with E-state index in [1.54, 1.807) is 13.0 Å². The molecule has 76 valence electrons. The molecule has 0 radical (unpaired) electrons. The smallest absolute Gasteiger partial charge is 0.335 e. The molecule has 0 spiro atoms. The molecule has 4 nitrogen and oxygen atoms in total. The standard InChI is InChI=1S/C10H12O4/c1-7-6-8(10(12)13)2-3-9(7)14-5-4-11/h2-3,6,11H,4-5H2,1H3,(H,12,13). The van der Waals surface area contributed by atoms with Crippen LogP contribution >= 0.6 is 0 Å². The third kappa shape index (κ3) is 2.47. The Balaban J connectivity index is 2.84. The Kier molecular flexibility index (Phi) is 3.48. The Labute approximate surface area is 81.8 Å². The van der Waals surface area contributed by atoms with Gasteiger partial charge in [0.15, 0.2) is 0 Å². The second-order valence-electron chi connectivity index (χ2n) is 2.86. The molecule has 0 aromatic heterocycles. The van der Waals surface area contributed by atoms with Crippen molar-refractivity contribution < 1.29 is 19.7 Å². The maximum Gasteiger partial charge on any atom is 0.335 e. The summed E-state index contributed by atoms with van der Waals surface area (Å²) in [6.07, 6.45) is 0. The maximum absolute atomic E-state index is 10.6. The van der Waals surface area contributed by atoms with Crippen LogP contribution in [0, 0.1) is 6.92 Å². The molecule has 1 aromatic rings. The maximum atomic E-state index is 10.6. The van der Waals surface area contributed by atoms with Crippen molar-refractivity contribution >= 4 is 5.97 Å². The van der Waals surface area contributed by atoms with Gasteiger partial charge < -0.3 is 14.9 Å². The first-order chi connectivity index (χ1) is 6.65. The summed E-state index contributed by atoms with van der Waals surface area (Å²) in [6.45, 7) is 1.92. The zero-order chi connectivity index (χ0) is 10.6. The SMILES string of the molecule is Cc1cc(C(=O)O)ccc1OCCO. The second kappa shape index (κ2) is 4.62. The van der Waals surface area contributed by atoms with Crippen LogP contribution in [0.3, 0.4) is 0 Å². The molecule has 0 saturated heterocycles. The van der Waals surface area contributed by atoms with Crippen molar-refractivity contribution in [3.8, 4) is 5.75 Å². The second-order valence-corrected chi connectivity index (χ2v) is 2.86. The van der Waals surface area contributed by atoms with Gasteiger partial charge in [-0.2, -0.15) is 0 Å². The molecular weight excluding hydrogens is 184 g/mol. The summed E-state index contributed by atoms with van der Waals surface area (Å²) in [5, 5.41) is 17.2. The molecule has 0 fully saturated rings. The van der Waals surface area contributed by atoms with Gasteiger partial charge in [-0.3, -0.25) is 0 Å². The molecule has 1 rings (SSSR count). The van der Waals surface area contributed by atoms with E-state index < -0.39 is 5.97 Å². The largest absolute Gasteiger partial charge is 0.491 e. The number of benzene rings is 1. The molecule has 14 heavy (non-hydrogen) atoms. The first kappa shape index (κ1) is 10.5. The summed E-state index contributed by atoms with van der Waals surface area (Å²) in [5.41, 5.74) is 0.984. The van der Waals surface area contributed by atoms with E-state index in [1.165, 1.54) is 12.1 Å². The Bertz CT molecular complexity index is 333. The van der Waals surface area contributed by atoms with E-state index in [0.717, 1.165) is 5.56 Å². The summed E-state index contributed by atoms with van der Waals surface area (Å²) >= 11 is 0. The molecule has 0 heterocycles. The van der Waals surface area contributed by atoms with Crippen LogP contribution in [0.15, 0.2) is 18.2 Å². The predicted octanol–water partition coefficient (Wildman–Crippen LogP) is 1.06. The lowest BCUT2D eigenvalue weighted by Crippen LogP contribution is -2.04. The minimum absolute atomic E-state index is 0.0554. The highest BCUT2D eigenvalue weighted by Gasteiger charge is 2.05. The van der Waals surface area contributed by atoms with Gasteiger partial charge in [-0.25, -0.2) is 4.79 Å². The number of rotatable bonds is 4. The van der Waals surface area contributed by atoms with E-state index in [2.05, 4.69) is 0 Å². The van der Waals surface area contributed by atoms with Crippen LogP contribution in [0.4, 0.5) is 0 Å². The van der Waals surface area contributed by atoms with Crippen LogP contribution in [0.25, 0.3) is 0 Å². The number of aliphatic hydroxyl groups excluding tert-OH is 1. The Morgan fingerprint density at radius 3 is 2.71 bits per heavy atom. The van der Waals surface area contributed by atoms with E-state index >= 15 is 0 Å². The fraction of sp³-hybridized carbons (Fsp3) is 0.300. The fourth-order valence-electron chi connectivity index (χ4n) is 1.10. The van der Waals surface area contributed by atoms with Crippen LogP contribution in [-0.2, 0) is 0 Å². The highest BCUT2D eigenvalue weighted by Crippen LogP contribution is 2.18. The Morgan fingerprint density at radius 1 is 1.50 bits per heavy atom. The molecule has 1 aromatic carbocycles. The van der Waals surface area contributed by atoms with Crippen molar-refractivity contribution in [2.45, 2.75) is 6.92 Å². The number of carboxylic acids is 1. The van der Waals surface area contributed by atoms with Crippen LogP contribution in [0.2, 0.25) is 0 Å². The average Bonchev–Trinajstić information content (AvgIpc) is 2.15. The molecular formula is C10H12O4. The third-order valence-corrected chi connectivity index (χ3v) is 1.77. The zero-order valence-electron chi connectivity index (χ0n) is 7.86. The normalized spacial score (nSPS) is 9.86. The number of aromatic carboxylic acids is 1. The van der Waals surface area contributed by atoms with Crippen molar-refractivity contribution in [2.75, 3.05) is 13.2 Å². The van der Waals surface area contributed by atoms with Crippen molar-refractivity contribution in [1.82, 2.24) is 0 Å². The third-order valence-electron chi connectivity index (χ3n) is 1.77. The van der Waals surface area contributed by atoms with Gasteiger partial charge in [0.25, 0.3) is 0 Å². The first-order valence-electron chi connectivity index (χ1n) is 4.22. The minimum Gasteiger partial charge on any atom is -0.491 e. The van der Waals surface area contributed by atoms with Gasteiger partial charge >= 0.3 is 5.97 Å². The molecule has 0 unspecified atom stereocenters. The van der Waals surface area contributed by atoms with Crippen LogP contribution in [0.1, 0.15) is 15.9 Å². The Hall–Kier alpha value is -1.55. The van der Waals surface area contributed by atoms with Gasteiger partial charge in [-0.15, -0.1) is 0 Å². The summed E-state index contributed by atoms with van der Waals surface area (Å²) in [4.78, 5) is 10.6. The molecule has 0 amide bonds. The molecule has 0 aliphatic rings. The number of aliphatic hydroxyl groups is 1. The number of hydrogen-bond acceptors (Lipinski definition) is 3. The van der Waals surface area contributed by atoms with Gasteiger partial charge in [0.05, 0.1) is 12.2 Å². The summed E-state index contributed by atoms with van der Waals surface area (Å²) < 4.78 is 5.18. The minimum atomic E-state index is -0.957. The zero-order valence-corrected chi connectivity index (χ0v) is 7.86. The molecule has 0 aliphatic heterocycles. The molecule has 0 bridgehead atoms. The van der Waals surface area contributed by atoms with Crippen LogP contribution in [-0.4, -0.2) is 29.4 Å². The monoisotopic (exact) mass is 196 g/mol. The van der Waals surface area contributed by atoms with Gasteiger partial charge in [0, 0.05) is 0 Å². The van der Waals surface area contributed by atoms with E-state index in [4.69, 9.17) is 14.9 Å². The average molecular weight is 196 g/mol. The molecule has 4 heteroatoms. The lowest BCUT2D eigenvalue weighted by molar-refractivity contribution is 0.0696. The van der Waals surface area contributed by atoms with Gasteiger partial charge in [0.2, 0.25) is 0 Å². The van der Waals surface area contributed by atoms with Crippen molar-refractivity contribution in [2.24, 2.45) is 0 Å². The highest BCUT2D eigenvalue weighted by atomic mass is 16.5. The van der Waals surface area contributed by atoms with Crippen molar-refractivity contribution in [3.63, 3.8) is 0 Å². The predicted molar refractivity (Wildman–Crippen MR) is 50.7 cm³/mol. The number of carboxylic acid groups (broad SMARTS) is 1. The summed E-state index contributed by atoms with van der Waals surface area (Å²) in [5.74, 6) is -0.356. The van der Waals surface area contributed by atoms with Gasteiger partial charge in [0.1, 0.15) is 12.4 Å². The quantitative estimate of drug-likeness (QED) is 0.755. The van der Waals surface area contributed by atoms with Crippen molar-refractivity contribution in [1.29, 1.82) is 0 Å². The number of carbonyl (C=O) groups is 1.